The molecule has 244 valence electrons. The van der Waals surface area contributed by atoms with Crippen LogP contribution in [0.3, 0.4) is 0 Å². The van der Waals surface area contributed by atoms with Gasteiger partial charge in [-0.1, -0.05) is 0 Å². The molecule has 0 aromatic carbocycles. The van der Waals surface area contributed by atoms with Crippen LogP contribution >= 0.6 is 0 Å². The zero-order chi connectivity index (χ0) is 31.2. The van der Waals surface area contributed by atoms with Crippen molar-refractivity contribution in [3.05, 3.63) is 12.2 Å². The van der Waals surface area contributed by atoms with E-state index in [0.717, 1.165) is 11.8 Å². The fraction of sp³-hybridized carbons (Fsp3) is 0.889. The second-order valence-electron chi connectivity index (χ2n) is 13.5. The summed E-state index contributed by atoms with van der Waals surface area (Å²) in [6.45, 7) is 14.3. The summed E-state index contributed by atoms with van der Waals surface area (Å²) in [7, 11) is 0. The SMILES string of the molecule is CCCCCCC[CH2][Sn]([CH2]CCCCCCC)([CH2]CCCCC(C)C)[CH2]CCCCC(C)C.O=C(O)/C=C\C(=O)O. The predicted octanol–water partition coefficient (Wildman–Crippen LogP) is 12.3. The van der Waals surface area contributed by atoms with E-state index < -0.39 is 30.3 Å². The molecule has 0 radical (unpaired) electrons. The standard InChI is InChI=1S/4C8H17.C4H4O4.Sn/c2*1-4-5-6-7-8(2)3;2*1-3-5-7-8-6-4-2;5-3(6)1-2-4(7)8;/h2*8H,1,4-7H2,2-3H3;2*1,3-8H2,2H3;1-2H,(H,5,6)(H,7,8);/b;;;;2-1-;. The van der Waals surface area contributed by atoms with E-state index >= 15 is 0 Å². The van der Waals surface area contributed by atoms with Gasteiger partial charge in [-0.05, 0) is 0 Å². The maximum Gasteiger partial charge on any atom is 0.328 e. The Morgan fingerprint density at radius 3 is 1.02 bits per heavy atom. The Balaban J connectivity index is 0. The van der Waals surface area contributed by atoms with Gasteiger partial charge in [-0.2, -0.15) is 0 Å². The van der Waals surface area contributed by atoms with Gasteiger partial charge in [0.15, 0.2) is 0 Å². The van der Waals surface area contributed by atoms with E-state index in [1.807, 2.05) is 0 Å². The number of carboxylic acid groups (broad SMARTS) is 2. The molecule has 0 aliphatic rings. The van der Waals surface area contributed by atoms with Gasteiger partial charge in [0.05, 0.1) is 0 Å². The molecule has 0 aliphatic heterocycles. The van der Waals surface area contributed by atoms with Crippen molar-refractivity contribution in [1.29, 1.82) is 0 Å². The number of rotatable bonds is 28. The summed E-state index contributed by atoms with van der Waals surface area (Å²) < 4.78 is 6.95. The van der Waals surface area contributed by atoms with Gasteiger partial charge < -0.3 is 10.2 Å². The van der Waals surface area contributed by atoms with Crippen LogP contribution in [-0.4, -0.2) is 40.5 Å². The van der Waals surface area contributed by atoms with E-state index in [2.05, 4.69) is 41.5 Å². The number of hydrogen-bond donors (Lipinski definition) is 2. The van der Waals surface area contributed by atoms with Crippen LogP contribution in [0.5, 0.6) is 0 Å². The van der Waals surface area contributed by atoms with Crippen LogP contribution in [0.25, 0.3) is 0 Å². The van der Waals surface area contributed by atoms with Crippen molar-refractivity contribution in [2.45, 2.75) is 188 Å². The van der Waals surface area contributed by atoms with E-state index in [4.69, 9.17) is 10.2 Å². The third-order valence-electron chi connectivity index (χ3n) is 8.47. The third kappa shape index (κ3) is 33.8. The molecular weight excluding hydrogens is 615 g/mol. The van der Waals surface area contributed by atoms with E-state index in [0.29, 0.717) is 12.2 Å². The summed E-state index contributed by atoms with van der Waals surface area (Å²) in [5, 5.41) is 15.6. The van der Waals surface area contributed by atoms with Gasteiger partial charge in [-0.15, -0.1) is 0 Å². The molecule has 0 unspecified atom stereocenters. The molecule has 5 heteroatoms. The molecule has 0 spiro atoms. The van der Waals surface area contributed by atoms with E-state index in [1.54, 1.807) is 43.4 Å². The Bertz CT molecular complexity index is 563. The van der Waals surface area contributed by atoms with Crippen molar-refractivity contribution in [3.8, 4) is 0 Å². The number of carboxylic acids is 2. The Labute approximate surface area is 260 Å². The first kappa shape index (κ1) is 42.6. The van der Waals surface area contributed by atoms with Crippen LogP contribution in [0.1, 0.15) is 170 Å². The molecule has 0 saturated heterocycles. The zero-order valence-electron chi connectivity index (χ0n) is 28.5. The Kier molecular flexibility index (Phi) is 32.1. The first-order valence-corrected chi connectivity index (χ1v) is 25.8. The normalized spacial score (nSPS) is 11.8. The van der Waals surface area contributed by atoms with Crippen molar-refractivity contribution in [1.82, 2.24) is 0 Å². The number of carbonyl (C=O) groups is 2. The molecule has 0 fully saturated rings. The predicted molar refractivity (Wildman–Crippen MR) is 183 cm³/mol. The van der Waals surface area contributed by atoms with E-state index in [-0.39, 0.29) is 0 Å². The van der Waals surface area contributed by atoms with Crippen LogP contribution in [0.15, 0.2) is 12.2 Å². The Morgan fingerprint density at radius 1 is 0.488 bits per heavy atom. The summed E-state index contributed by atoms with van der Waals surface area (Å²) in [5.74, 6) is -0.726. The molecule has 0 amide bonds. The molecule has 0 aromatic rings. The average molecular weight is 688 g/mol. The molecule has 0 rings (SSSR count). The molecule has 0 heterocycles. The molecule has 2 N–H and O–H groups in total. The topological polar surface area (TPSA) is 74.6 Å². The van der Waals surface area contributed by atoms with Crippen molar-refractivity contribution in [3.63, 3.8) is 0 Å². The van der Waals surface area contributed by atoms with E-state index in [9.17, 15) is 9.59 Å². The van der Waals surface area contributed by atoms with Crippen LogP contribution in [-0.2, 0) is 9.59 Å². The van der Waals surface area contributed by atoms with Gasteiger partial charge in [0.25, 0.3) is 0 Å². The number of hydrogen-bond acceptors (Lipinski definition) is 2. The largest absolute Gasteiger partial charge is 0.478 e. The van der Waals surface area contributed by atoms with Crippen molar-refractivity contribution in [2.24, 2.45) is 11.8 Å². The van der Waals surface area contributed by atoms with Gasteiger partial charge in [0.1, 0.15) is 0 Å². The first-order chi connectivity index (χ1) is 19.6. The van der Waals surface area contributed by atoms with Crippen molar-refractivity contribution in [2.75, 3.05) is 0 Å². The maximum atomic E-state index is 9.55. The van der Waals surface area contributed by atoms with Gasteiger partial charge >= 0.3 is 230 Å². The summed E-state index contributed by atoms with van der Waals surface area (Å²) >= 11 is -1.99. The summed E-state index contributed by atoms with van der Waals surface area (Å²) in [4.78, 5) is 19.1. The second-order valence-corrected chi connectivity index (χ2v) is 27.8. The minimum atomic E-state index is -1.99. The van der Waals surface area contributed by atoms with Gasteiger partial charge in [-0.25, -0.2) is 9.59 Å². The van der Waals surface area contributed by atoms with E-state index in [1.165, 1.54) is 103 Å². The number of aliphatic carboxylic acids is 2. The minimum Gasteiger partial charge on any atom is -0.478 e. The molecule has 0 aliphatic carbocycles. The van der Waals surface area contributed by atoms with Crippen LogP contribution in [0, 0.1) is 11.8 Å². The maximum absolute atomic E-state index is 9.55. The molecule has 0 aromatic heterocycles. The van der Waals surface area contributed by atoms with Gasteiger partial charge in [0, 0.05) is 12.2 Å². The van der Waals surface area contributed by atoms with Crippen molar-refractivity contribution >= 4 is 30.3 Å². The zero-order valence-corrected chi connectivity index (χ0v) is 31.3. The van der Waals surface area contributed by atoms with Crippen LogP contribution in [0.2, 0.25) is 17.7 Å². The Hall–Kier alpha value is -0.521. The summed E-state index contributed by atoms with van der Waals surface area (Å²) in [6.07, 6.45) is 31.1. The fourth-order valence-corrected chi connectivity index (χ4v) is 21.6. The smallest absolute Gasteiger partial charge is 0.328 e. The third-order valence-corrected chi connectivity index (χ3v) is 24.6. The molecule has 0 bridgehead atoms. The van der Waals surface area contributed by atoms with Gasteiger partial charge in [-0.3, -0.25) is 0 Å². The molecule has 4 nitrogen and oxygen atoms in total. The number of unbranched alkanes of at least 4 members (excludes halogenated alkanes) is 14. The molecule has 0 saturated carbocycles. The van der Waals surface area contributed by atoms with Gasteiger partial charge in [0.2, 0.25) is 0 Å². The van der Waals surface area contributed by atoms with Crippen LogP contribution in [0.4, 0.5) is 0 Å². The first-order valence-electron chi connectivity index (χ1n) is 17.7. The quantitative estimate of drug-likeness (QED) is 0.0488. The molecular formula is C36H72O4Sn. The Morgan fingerprint density at radius 2 is 0.756 bits per heavy atom. The summed E-state index contributed by atoms with van der Waals surface area (Å²) in [5.41, 5.74) is 0. The monoisotopic (exact) mass is 688 g/mol. The van der Waals surface area contributed by atoms with Crippen molar-refractivity contribution < 1.29 is 19.8 Å². The molecule has 41 heavy (non-hydrogen) atoms. The molecule has 0 atom stereocenters. The fourth-order valence-electron chi connectivity index (χ4n) is 5.91. The minimum absolute atomic E-state index is 0.558. The summed E-state index contributed by atoms with van der Waals surface area (Å²) in [6, 6.07) is 0. The average Bonchev–Trinajstić information content (AvgIpc) is 2.91. The van der Waals surface area contributed by atoms with Crippen LogP contribution < -0.4 is 0 Å². The second kappa shape index (κ2) is 30.9.